The van der Waals surface area contributed by atoms with Gasteiger partial charge >= 0.3 is 0 Å². The van der Waals surface area contributed by atoms with Gasteiger partial charge in [-0.15, -0.1) is 0 Å². The second-order valence-electron chi connectivity index (χ2n) is 7.68. The van der Waals surface area contributed by atoms with Gasteiger partial charge in [0.15, 0.2) is 5.65 Å². The molecule has 1 amide bonds. The minimum atomic E-state index is 0.309. The first-order valence-corrected chi connectivity index (χ1v) is 9.63. The first kappa shape index (κ1) is 16.3. The summed E-state index contributed by atoms with van der Waals surface area (Å²) in [5, 5.41) is 8.11. The van der Waals surface area contributed by atoms with Gasteiger partial charge in [-0.3, -0.25) is 4.79 Å². The van der Waals surface area contributed by atoms with Gasteiger partial charge in [-0.05, 0) is 19.8 Å². The quantitative estimate of drug-likeness (QED) is 0.758. The van der Waals surface area contributed by atoms with E-state index in [9.17, 15) is 4.79 Å². The van der Waals surface area contributed by atoms with Crippen molar-refractivity contribution < 1.29 is 4.79 Å². The molecular formula is C21H23N5O. The minimum Gasteiger partial charge on any atom is -0.370 e. The van der Waals surface area contributed by atoms with Crippen LogP contribution >= 0.6 is 0 Å². The number of likely N-dealkylation sites (tertiary alicyclic amines) is 1. The van der Waals surface area contributed by atoms with Crippen LogP contribution in [-0.4, -0.2) is 44.5 Å². The van der Waals surface area contributed by atoms with Gasteiger partial charge in [-0.2, -0.15) is 9.61 Å². The van der Waals surface area contributed by atoms with Crippen molar-refractivity contribution in [2.45, 2.75) is 32.2 Å². The van der Waals surface area contributed by atoms with Crippen molar-refractivity contribution in [2.24, 2.45) is 5.92 Å². The SMILES string of the molecule is Cc1cc2nc(-c3ccccc3)cc(NC[C@@H]3CC(=O)N(C4CC4)C3)n2n1. The molecule has 27 heavy (non-hydrogen) atoms. The van der Waals surface area contributed by atoms with Crippen molar-refractivity contribution in [2.75, 3.05) is 18.4 Å². The van der Waals surface area contributed by atoms with Crippen LogP contribution < -0.4 is 5.32 Å². The summed E-state index contributed by atoms with van der Waals surface area (Å²) in [5.74, 6) is 1.58. The summed E-state index contributed by atoms with van der Waals surface area (Å²) in [6, 6.07) is 14.7. The van der Waals surface area contributed by atoms with Gasteiger partial charge in [0.2, 0.25) is 5.91 Å². The van der Waals surface area contributed by atoms with Crippen LogP contribution in [0, 0.1) is 12.8 Å². The Labute approximate surface area is 158 Å². The number of hydrogen-bond donors (Lipinski definition) is 1. The topological polar surface area (TPSA) is 62.5 Å². The van der Waals surface area contributed by atoms with Crippen LogP contribution in [0.15, 0.2) is 42.5 Å². The van der Waals surface area contributed by atoms with Gasteiger partial charge in [0.05, 0.1) is 11.4 Å². The lowest BCUT2D eigenvalue weighted by Gasteiger charge is -2.16. The zero-order valence-corrected chi connectivity index (χ0v) is 15.4. The standard InChI is InChI=1S/C21H23N5O/c1-14-9-20-23-18(16-5-3-2-4-6-16)11-19(26(20)24-14)22-12-15-10-21(27)25(13-15)17-7-8-17/h2-6,9,11,15,17,22H,7-8,10,12-13H2,1H3/t15-/m0/s1. The molecule has 5 rings (SSSR count). The number of nitrogens with zero attached hydrogens (tertiary/aromatic N) is 4. The number of amides is 1. The molecule has 138 valence electrons. The van der Waals surface area contributed by atoms with Crippen molar-refractivity contribution in [3.63, 3.8) is 0 Å². The number of carbonyl (C=O) groups is 1. The molecule has 2 fully saturated rings. The van der Waals surface area contributed by atoms with E-state index in [1.165, 1.54) is 12.8 Å². The molecule has 2 aromatic heterocycles. The van der Waals surface area contributed by atoms with E-state index >= 15 is 0 Å². The Kier molecular flexibility index (Phi) is 3.85. The van der Waals surface area contributed by atoms with Crippen molar-refractivity contribution in [3.05, 3.63) is 48.2 Å². The predicted molar refractivity (Wildman–Crippen MR) is 104 cm³/mol. The lowest BCUT2D eigenvalue weighted by Crippen LogP contribution is -2.28. The largest absolute Gasteiger partial charge is 0.370 e. The van der Waals surface area contributed by atoms with Crippen LogP contribution in [0.3, 0.4) is 0 Å². The van der Waals surface area contributed by atoms with E-state index in [2.05, 4.69) is 27.4 Å². The van der Waals surface area contributed by atoms with E-state index in [0.29, 0.717) is 24.3 Å². The van der Waals surface area contributed by atoms with E-state index in [1.54, 1.807) is 0 Å². The van der Waals surface area contributed by atoms with Crippen LogP contribution in [0.1, 0.15) is 25.0 Å². The first-order chi connectivity index (χ1) is 13.2. The monoisotopic (exact) mass is 361 g/mol. The van der Waals surface area contributed by atoms with E-state index in [4.69, 9.17) is 4.98 Å². The summed E-state index contributed by atoms with van der Waals surface area (Å²) in [6.45, 7) is 3.61. The number of rotatable bonds is 5. The van der Waals surface area contributed by atoms with E-state index in [-0.39, 0.29) is 0 Å². The summed E-state index contributed by atoms with van der Waals surface area (Å²) < 4.78 is 1.86. The smallest absolute Gasteiger partial charge is 0.223 e. The molecule has 0 unspecified atom stereocenters. The Bertz CT molecular complexity index is 992. The van der Waals surface area contributed by atoms with Gasteiger partial charge in [-0.1, -0.05) is 30.3 Å². The molecule has 1 aromatic carbocycles. The highest BCUT2D eigenvalue weighted by atomic mass is 16.2. The van der Waals surface area contributed by atoms with Crippen molar-refractivity contribution >= 4 is 17.4 Å². The molecule has 6 nitrogen and oxygen atoms in total. The van der Waals surface area contributed by atoms with Crippen LogP contribution in [0.4, 0.5) is 5.82 Å². The number of nitrogens with one attached hydrogen (secondary N) is 1. The molecular weight excluding hydrogens is 338 g/mol. The molecule has 1 aliphatic carbocycles. The first-order valence-electron chi connectivity index (χ1n) is 9.63. The third-order valence-corrected chi connectivity index (χ3v) is 5.42. The molecule has 0 spiro atoms. The molecule has 1 atom stereocenters. The van der Waals surface area contributed by atoms with Gasteiger partial charge < -0.3 is 10.2 Å². The third kappa shape index (κ3) is 3.16. The Morgan fingerprint density at radius 1 is 1.19 bits per heavy atom. The van der Waals surface area contributed by atoms with E-state index < -0.39 is 0 Å². The normalized spacial score (nSPS) is 19.8. The lowest BCUT2D eigenvalue weighted by atomic mass is 10.1. The number of benzene rings is 1. The summed E-state index contributed by atoms with van der Waals surface area (Å²) in [7, 11) is 0. The molecule has 1 saturated carbocycles. The van der Waals surface area contributed by atoms with Crippen molar-refractivity contribution in [1.82, 2.24) is 19.5 Å². The maximum atomic E-state index is 12.2. The molecule has 0 radical (unpaired) electrons. The average Bonchev–Trinajstić information content (AvgIpc) is 3.34. The van der Waals surface area contributed by atoms with Crippen molar-refractivity contribution in [1.29, 1.82) is 0 Å². The second-order valence-corrected chi connectivity index (χ2v) is 7.68. The average molecular weight is 361 g/mol. The predicted octanol–water partition coefficient (Wildman–Crippen LogP) is 3.13. The maximum absolute atomic E-state index is 12.2. The molecule has 1 aliphatic heterocycles. The van der Waals surface area contributed by atoms with Crippen LogP contribution in [-0.2, 0) is 4.79 Å². The minimum absolute atomic E-state index is 0.309. The summed E-state index contributed by atoms with van der Waals surface area (Å²) in [5.41, 5.74) is 3.77. The third-order valence-electron chi connectivity index (χ3n) is 5.42. The number of anilines is 1. The highest BCUT2D eigenvalue weighted by Gasteiger charge is 2.39. The molecule has 0 bridgehead atoms. The number of hydrogen-bond acceptors (Lipinski definition) is 4. The van der Waals surface area contributed by atoms with Gasteiger partial charge in [-0.25, -0.2) is 4.98 Å². The van der Waals surface area contributed by atoms with E-state index in [0.717, 1.165) is 41.5 Å². The maximum Gasteiger partial charge on any atom is 0.223 e. The van der Waals surface area contributed by atoms with Crippen LogP contribution in [0.2, 0.25) is 0 Å². The fraction of sp³-hybridized carbons (Fsp3) is 0.381. The molecule has 2 aliphatic rings. The molecule has 1 saturated heterocycles. The molecule has 6 heteroatoms. The lowest BCUT2D eigenvalue weighted by molar-refractivity contribution is -0.128. The van der Waals surface area contributed by atoms with Crippen LogP contribution in [0.25, 0.3) is 16.9 Å². The highest BCUT2D eigenvalue weighted by Crippen LogP contribution is 2.32. The Morgan fingerprint density at radius 3 is 2.78 bits per heavy atom. The van der Waals surface area contributed by atoms with Gasteiger partial charge in [0, 0.05) is 49.2 Å². The zero-order valence-electron chi connectivity index (χ0n) is 15.4. The number of carbonyl (C=O) groups excluding carboxylic acids is 1. The Morgan fingerprint density at radius 2 is 2.00 bits per heavy atom. The van der Waals surface area contributed by atoms with E-state index in [1.807, 2.05) is 41.8 Å². The van der Waals surface area contributed by atoms with Gasteiger partial charge in [0.1, 0.15) is 5.82 Å². The molecule has 3 heterocycles. The van der Waals surface area contributed by atoms with Crippen molar-refractivity contribution in [3.8, 4) is 11.3 Å². The molecule has 1 N–H and O–H groups in total. The second kappa shape index (κ2) is 6.37. The Hall–Kier alpha value is -2.89. The number of aryl methyl sites for hydroxylation is 1. The van der Waals surface area contributed by atoms with Crippen LogP contribution in [0.5, 0.6) is 0 Å². The Balaban J connectivity index is 1.41. The summed E-state index contributed by atoms with van der Waals surface area (Å²) in [6.07, 6.45) is 2.98. The van der Waals surface area contributed by atoms with Gasteiger partial charge in [0.25, 0.3) is 0 Å². The number of fused-ring (bicyclic) bond motifs is 1. The summed E-state index contributed by atoms with van der Waals surface area (Å²) >= 11 is 0. The fourth-order valence-electron chi connectivity index (χ4n) is 3.91. The fourth-order valence-corrected chi connectivity index (χ4v) is 3.91. The highest BCUT2D eigenvalue weighted by molar-refractivity contribution is 5.79. The zero-order chi connectivity index (χ0) is 18.4. The number of aromatic nitrogens is 3. The summed E-state index contributed by atoms with van der Waals surface area (Å²) in [4.78, 5) is 19.0. The molecule has 3 aromatic rings.